The molecule has 0 aromatic heterocycles. The van der Waals surface area contributed by atoms with Crippen molar-refractivity contribution in [3.63, 3.8) is 0 Å². The number of piperazine rings is 1. The SMILES string of the molecule is CC(C)N1C(=O)C(C)(c2ccccc2)NC(=O)C1C. The molecule has 1 N–H and O–H groups in total. The third kappa shape index (κ3) is 2.11. The molecule has 0 saturated carbocycles. The van der Waals surface area contributed by atoms with E-state index in [0.29, 0.717) is 0 Å². The monoisotopic (exact) mass is 260 g/mol. The zero-order valence-electron chi connectivity index (χ0n) is 11.8. The summed E-state index contributed by atoms with van der Waals surface area (Å²) in [6, 6.07) is 8.94. The van der Waals surface area contributed by atoms with Gasteiger partial charge in [-0.1, -0.05) is 30.3 Å². The maximum atomic E-state index is 12.8. The quantitative estimate of drug-likeness (QED) is 0.879. The van der Waals surface area contributed by atoms with Gasteiger partial charge < -0.3 is 10.2 Å². The van der Waals surface area contributed by atoms with Crippen molar-refractivity contribution in [1.29, 1.82) is 0 Å². The molecule has 1 aliphatic heterocycles. The average molecular weight is 260 g/mol. The second-order valence-electron chi connectivity index (χ2n) is 5.46. The maximum absolute atomic E-state index is 12.8. The van der Waals surface area contributed by atoms with Gasteiger partial charge in [0.1, 0.15) is 11.6 Å². The van der Waals surface area contributed by atoms with E-state index in [2.05, 4.69) is 5.32 Å². The predicted molar refractivity (Wildman–Crippen MR) is 73.4 cm³/mol. The molecule has 0 bridgehead atoms. The van der Waals surface area contributed by atoms with E-state index >= 15 is 0 Å². The minimum Gasteiger partial charge on any atom is -0.336 e. The molecule has 1 aromatic carbocycles. The first-order chi connectivity index (χ1) is 8.88. The zero-order valence-corrected chi connectivity index (χ0v) is 11.8. The Balaban J connectivity index is 2.47. The molecule has 2 rings (SSSR count). The number of benzene rings is 1. The number of hydrogen-bond acceptors (Lipinski definition) is 2. The summed E-state index contributed by atoms with van der Waals surface area (Å²) in [6.45, 7) is 7.39. The Morgan fingerprint density at radius 2 is 1.79 bits per heavy atom. The fourth-order valence-corrected chi connectivity index (χ4v) is 2.61. The lowest BCUT2D eigenvalue weighted by atomic mass is 9.86. The number of hydrogen-bond donors (Lipinski definition) is 1. The molecule has 2 atom stereocenters. The number of carbonyl (C=O) groups excluding carboxylic acids is 2. The van der Waals surface area contributed by atoms with E-state index in [-0.39, 0.29) is 17.9 Å². The maximum Gasteiger partial charge on any atom is 0.253 e. The van der Waals surface area contributed by atoms with Crippen LogP contribution in [0.3, 0.4) is 0 Å². The minimum absolute atomic E-state index is 0.00316. The number of nitrogens with zero attached hydrogens (tertiary/aromatic N) is 1. The molecule has 4 nitrogen and oxygen atoms in total. The van der Waals surface area contributed by atoms with Crippen LogP contribution in [-0.2, 0) is 15.1 Å². The first-order valence-corrected chi connectivity index (χ1v) is 6.58. The second kappa shape index (κ2) is 4.68. The molecule has 1 saturated heterocycles. The standard InChI is InChI=1S/C15H20N2O2/c1-10(2)17-11(3)13(18)16-15(4,14(17)19)12-8-6-5-7-9-12/h5-11H,1-4H3,(H,16,18). The highest BCUT2D eigenvalue weighted by Crippen LogP contribution is 2.29. The highest BCUT2D eigenvalue weighted by molar-refractivity contribution is 6.00. The van der Waals surface area contributed by atoms with Gasteiger partial charge in [0.25, 0.3) is 5.91 Å². The van der Waals surface area contributed by atoms with Gasteiger partial charge in [-0.2, -0.15) is 0 Å². The van der Waals surface area contributed by atoms with E-state index in [1.54, 1.807) is 18.7 Å². The van der Waals surface area contributed by atoms with E-state index in [0.717, 1.165) is 5.56 Å². The summed E-state index contributed by atoms with van der Waals surface area (Å²) in [5.41, 5.74) is -0.166. The Bertz CT molecular complexity index is 498. The average Bonchev–Trinajstić information content (AvgIpc) is 2.37. The molecule has 2 unspecified atom stereocenters. The van der Waals surface area contributed by atoms with E-state index in [4.69, 9.17) is 0 Å². The van der Waals surface area contributed by atoms with Crippen molar-refractivity contribution in [2.45, 2.75) is 45.3 Å². The third-order valence-corrected chi connectivity index (χ3v) is 3.74. The number of amides is 2. The molecule has 1 fully saturated rings. The first-order valence-electron chi connectivity index (χ1n) is 6.58. The van der Waals surface area contributed by atoms with Crippen LogP contribution in [0.15, 0.2) is 30.3 Å². The molecular formula is C15H20N2O2. The van der Waals surface area contributed by atoms with Gasteiger partial charge in [0.15, 0.2) is 0 Å². The van der Waals surface area contributed by atoms with Gasteiger partial charge in [0.2, 0.25) is 5.91 Å². The lowest BCUT2D eigenvalue weighted by Crippen LogP contribution is -2.68. The molecule has 1 aromatic rings. The molecule has 0 spiro atoms. The van der Waals surface area contributed by atoms with Crippen LogP contribution in [0.1, 0.15) is 33.3 Å². The van der Waals surface area contributed by atoms with Gasteiger partial charge in [0.05, 0.1) is 0 Å². The van der Waals surface area contributed by atoms with Crippen LogP contribution < -0.4 is 5.32 Å². The van der Waals surface area contributed by atoms with Crippen LogP contribution in [0.2, 0.25) is 0 Å². The summed E-state index contributed by atoms with van der Waals surface area (Å²) in [7, 11) is 0. The lowest BCUT2D eigenvalue weighted by molar-refractivity contribution is -0.156. The molecule has 102 valence electrons. The molecule has 1 aliphatic rings. The summed E-state index contributed by atoms with van der Waals surface area (Å²) < 4.78 is 0. The summed E-state index contributed by atoms with van der Waals surface area (Å²) in [5.74, 6) is -0.166. The van der Waals surface area contributed by atoms with Crippen molar-refractivity contribution < 1.29 is 9.59 Å². The van der Waals surface area contributed by atoms with Crippen LogP contribution in [0, 0.1) is 0 Å². The van der Waals surface area contributed by atoms with Crippen molar-refractivity contribution in [2.75, 3.05) is 0 Å². The van der Waals surface area contributed by atoms with Crippen LogP contribution in [0.4, 0.5) is 0 Å². The van der Waals surface area contributed by atoms with Gasteiger partial charge in [-0.05, 0) is 33.3 Å². The second-order valence-corrected chi connectivity index (χ2v) is 5.46. The number of nitrogens with one attached hydrogen (secondary N) is 1. The highest BCUT2D eigenvalue weighted by Gasteiger charge is 2.48. The molecule has 0 radical (unpaired) electrons. The Kier molecular flexibility index (Phi) is 3.35. The summed E-state index contributed by atoms with van der Waals surface area (Å²) in [6.07, 6.45) is 0. The van der Waals surface area contributed by atoms with E-state index in [1.807, 2.05) is 44.2 Å². The van der Waals surface area contributed by atoms with Gasteiger partial charge in [-0.15, -0.1) is 0 Å². The Morgan fingerprint density at radius 1 is 1.21 bits per heavy atom. The summed E-state index contributed by atoms with van der Waals surface area (Å²) in [4.78, 5) is 26.6. The van der Waals surface area contributed by atoms with Crippen molar-refractivity contribution >= 4 is 11.8 Å². The highest BCUT2D eigenvalue weighted by atomic mass is 16.2. The largest absolute Gasteiger partial charge is 0.336 e. The Labute approximate surface area is 113 Å². The molecule has 4 heteroatoms. The molecule has 19 heavy (non-hydrogen) atoms. The van der Waals surface area contributed by atoms with Crippen LogP contribution in [-0.4, -0.2) is 28.8 Å². The third-order valence-electron chi connectivity index (χ3n) is 3.74. The fraction of sp³-hybridized carbons (Fsp3) is 0.467. The van der Waals surface area contributed by atoms with Crippen molar-refractivity contribution in [2.24, 2.45) is 0 Å². The van der Waals surface area contributed by atoms with Crippen LogP contribution in [0.5, 0.6) is 0 Å². The topological polar surface area (TPSA) is 49.4 Å². The normalized spacial score (nSPS) is 27.6. The smallest absolute Gasteiger partial charge is 0.253 e. The summed E-state index contributed by atoms with van der Waals surface area (Å²) >= 11 is 0. The molecule has 1 heterocycles. The van der Waals surface area contributed by atoms with Crippen molar-refractivity contribution in [3.05, 3.63) is 35.9 Å². The van der Waals surface area contributed by atoms with Crippen molar-refractivity contribution in [3.8, 4) is 0 Å². The minimum atomic E-state index is -0.977. The Morgan fingerprint density at radius 3 is 2.32 bits per heavy atom. The van der Waals surface area contributed by atoms with Gasteiger partial charge >= 0.3 is 0 Å². The molecule has 0 aliphatic carbocycles. The number of carbonyl (C=O) groups is 2. The van der Waals surface area contributed by atoms with Gasteiger partial charge in [-0.3, -0.25) is 9.59 Å². The number of rotatable bonds is 2. The predicted octanol–water partition coefficient (Wildman–Crippen LogP) is 1.66. The lowest BCUT2D eigenvalue weighted by Gasteiger charge is -2.45. The van der Waals surface area contributed by atoms with E-state index in [1.165, 1.54) is 0 Å². The van der Waals surface area contributed by atoms with Gasteiger partial charge in [0, 0.05) is 6.04 Å². The fourth-order valence-electron chi connectivity index (χ4n) is 2.61. The van der Waals surface area contributed by atoms with Crippen LogP contribution in [0.25, 0.3) is 0 Å². The first kappa shape index (κ1) is 13.6. The summed E-state index contributed by atoms with van der Waals surface area (Å²) in [5, 5.41) is 2.86. The van der Waals surface area contributed by atoms with E-state index < -0.39 is 11.6 Å². The van der Waals surface area contributed by atoms with Gasteiger partial charge in [-0.25, -0.2) is 0 Å². The Hall–Kier alpha value is -1.84. The van der Waals surface area contributed by atoms with Crippen LogP contribution >= 0.6 is 0 Å². The zero-order chi connectivity index (χ0) is 14.2. The molecule has 2 amide bonds. The van der Waals surface area contributed by atoms with Crippen molar-refractivity contribution in [1.82, 2.24) is 10.2 Å². The molecular weight excluding hydrogens is 240 g/mol. The van der Waals surface area contributed by atoms with E-state index in [9.17, 15) is 9.59 Å².